The van der Waals surface area contributed by atoms with E-state index in [0.29, 0.717) is 46.2 Å². The van der Waals surface area contributed by atoms with Crippen molar-refractivity contribution < 1.29 is 13.9 Å². The Balaban J connectivity index is 1.68. The van der Waals surface area contributed by atoms with Crippen molar-refractivity contribution >= 4 is 66.6 Å². The highest BCUT2D eigenvalue weighted by atomic mass is 127. The molecule has 2 heterocycles. The monoisotopic (exact) mass is 643 g/mol. The Morgan fingerprint density at radius 3 is 2.80 bits per heavy atom. The lowest BCUT2D eigenvalue weighted by atomic mass is 10.2. The average molecular weight is 644 g/mol. The van der Waals surface area contributed by atoms with E-state index in [0.717, 1.165) is 19.0 Å². The molecular formula is C26H19BrIN3O4. The first-order chi connectivity index (χ1) is 17.0. The van der Waals surface area contributed by atoms with Gasteiger partial charge in [-0.25, -0.2) is 4.98 Å². The zero-order chi connectivity index (χ0) is 24.5. The Labute approximate surface area is 222 Å². The zero-order valence-corrected chi connectivity index (χ0v) is 22.5. The van der Waals surface area contributed by atoms with Crippen molar-refractivity contribution in [1.29, 1.82) is 0 Å². The van der Waals surface area contributed by atoms with Crippen molar-refractivity contribution in [2.24, 2.45) is 5.10 Å². The number of fused-ring (bicyclic) bond motifs is 2. The van der Waals surface area contributed by atoms with E-state index < -0.39 is 0 Å². The minimum Gasteiger partial charge on any atom is -0.493 e. The van der Waals surface area contributed by atoms with E-state index in [1.807, 2.05) is 49.4 Å². The molecule has 2 aromatic heterocycles. The Hall–Kier alpha value is -3.18. The summed E-state index contributed by atoms with van der Waals surface area (Å²) in [5.41, 5.74) is 1.70. The molecule has 0 aliphatic heterocycles. The number of aromatic nitrogens is 2. The van der Waals surface area contributed by atoms with Crippen molar-refractivity contribution in [3.63, 3.8) is 0 Å². The minimum absolute atomic E-state index is 0.295. The van der Waals surface area contributed by atoms with Crippen LogP contribution >= 0.6 is 38.5 Å². The highest BCUT2D eigenvalue weighted by Crippen LogP contribution is 2.34. The second-order valence-electron chi connectivity index (χ2n) is 7.57. The first-order valence-corrected chi connectivity index (χ1v) is 12.6. The molecule has 0 N–H and O–H groups in total. The molecule has 0 unspecified atom stereocenters. The first kappa shape index (κ1) is 23.6. The molecule has 0 atom stereocenters. The van der Waals surface area contributed by atoms with E-state index in [1.165, 1.54) is 4.68 Å². The van der Waals surface area contributed by atoms with Gasteiger partial charge in [-0.15, -0.1) is 0 Å². The maximum atomic E-state index is 13.5. The third-order valence-electron chi connectivity index (χ3n) is 5.32. The summed E-state index contributed by atoms with van der Waals surface area (Å²) < 4.78 is 20.3. The van der Waals surface area contributed by atoms with Gasteiger partial charge in [-0.3, -0.25) is 4.79 Å². The fraction of sp³-hybridized carbons (Fsp3) is 0.115. The van der Waals surface area contributed by atoms with E-state index in [1.54, 1.807) is 31.5 Å². The van der Waals surface area contributed by atoms with E-state index in [2.05, 4.69) is 43.6 Å². The predicted molar refractivity (Wildman–Crippen MR) is 149 cm³/mol. The van der Waals surface area contributed by atoms with Gasteiger partial charge in [0, 0.05) is 9.86 Å². The summed E-state index contributed by atoms with van der Waals surface area (Å²) in [4.78, 5) is 18.2. The molecule has 0 spiro atoms. The largest absolute Gasteiger partial charge is 0.493 e. The van der Waals surface area contributed by atoms with Crippen LogP contribution in [0, 0.1) is 3.57 Å². The molecule has 0 aliphatic carbocycles. The Morgan fingerprint density at radius 1 is 1.17 bits per heavy atom. The smallest absolute Gasteiger partial charge is 0.282 e. The molecule has 0 aliphatic rings. The number of hydrogen-bond acceptors (Lipinski definition) is 6. The molecule has 7 nitrogen and oxygen atoms in total. The van der Waals surface area contributed by atoms with Crippen LogP contribution in [0.1, 0.15) is 12.5 Å². The predicted octanol–water partition coefficient (Wildman–Crippen LogP) is 6.47. The van der Waals surface area contributed by atoms with Gasteiger partial charge in [0.2, 0.25) is 5.82 Å². The quantitative estimate of drug-likeness (QED) is 0.157. The molecule has 9 heteroatoms. The molecule has 3 aromatic carbocycles. The van der Waals surface area contributed by atoms with Crippen molar-refractivity contribution in [3.05, 3.63) is 84.6 Å². The van der Waals surface area contributed by atoms with Crippen molar-refractivity contribution in [2.75, 3.05) is 13.7 Å². The number of hydrogen-bond donors (Lipinski definition) is 0. The van der Waals surface area contributed by atoms with Gasteiger partial charge < -0.3 is 13.9 Å². The van der Waals surface area contributed by atoms with E-state index in [9.17, 15) is 4.79 Å². The van der Waals surface area contributed by atoms with Crippen molar-refractivity contribution in [2.45, 2.75) is 6.92 Å². The van der Waals surface area contributed by atoms with Gasteiger partial charge in [0.1, 0.15) is 5.58 Å². The second kappa shape index (κ2) is 9.82. The molecule has 35 heavy (non-hydrogen) atoms. The van der Waals surface area contributed by atoms with Crippen LogP contribution in [-0.2, 0) is 0 Å². The minimum atomic E-state index is -0.295. The van der Waals surface area contributed by atoms with Crippen molar-refractivity contribution in [1.82, 2.24) is 9.66 Å². The fourth-order valence-corrected chi connectivity index (χ4v) is 4.90. The molecule has 0 radical (unpaired) electrons. The van der Waals surface area contributed by atoms with Crippen LogP contribution in [0.3, 0.4) is 0 Å². The number of methoxy groups -OCH3 is 1. The molecule has 0 amide bonds. The molecule has 0 saturated heterocycles. The van der Waals surface area contributed by atoms with E-state index in [-0.39, 0.29) is 5.56 Å². The number of nitrogens with zero attached hydrogens (tertiary/aromatic N) is 3. The highest BCUT2D eigenvalue weighted by molar-refractivity contribution is 14.1. The van der Waals surface area contributed by atoms with Crippen LogP contribution < -0.4 is 15.0 Å². The maximum absolute atomic E-state index is 13.5. The lowest BCUT2D eigenvalue weighted by molar-refractivity contribution is 0.308. The summed E-state index contributed by atoms with van der Waals surface area (Å²) in [6.45, 7) is 2.44. The summed E-state index contributed by atoms with van der Waals surface area (Å²) in [5, 5.41) is 5.88. The highest BCUT2D eigenvalue weighted by Gasteiger charge is 2.17. The normalized spacial score (nSPS) is 11.5. The molecule has 0 bridgehead atoms. The van der Waals surface area contributed by atoms with Crippen LogP contribution in [0.4, 0.5) is 0 Å². The summed E-state index contributed by atoms with van der Waals surface area (Å²) in [6, 6.07) is 18.5. The fourth-order valence-electron chi connectivity index (χ4n) is 3.74. The van der Waals surface area contributed by atoms with E-state index >= 15 is 0 Å². The number of halogens is 2. The SMILES string of the molecule is CCOc1c(I)cc(C=Nn2c(-c3cc4cc(Br)ccc4o3)nc3ccccc3c2=O)cc1OC. The lowest BCUT2D eigenvalue weighted by Gasteiger charge is -2.12. The van der Waals surface area contributed by atoms with Crippen LogP contribution in [-0.4, -0.2) is 29.6 Å². The Bertz CT molecular complexity index is 1660. The zero-order valence-electron chi connectivity index (χ0n) is 18.8. The van der Waals surface area contributed by atoms with Gasteiger partial charge in [-0.2, -0.15) is 9.78 Å². The van der Waals surface area contributed by atoms with Crippen LogP contribution in [0.5, 0.6) is 11.5 Å². The average Bonchev–Trinajstić information content (AvgIpc) is 3.28. The van der Waals surface area contributed by atoms with Crippen LogP contribution in [0.2, 0.25) is 0 Å². The van der Waals surface area contributed by atoms with Crippen molar-refractivity contribution in [3.8, 4) is 23.1 Å². The van der Waals surface area contributed by atoms with Gasteiger partial charge in [0.25, 0.3) is 5.56 Å². The van der Waals surface area contributed by atoms with Crippen LogP contribution in [0.15, 0.2) is 79.4 Å². The second-order valence-corrected chi connectivity index (χ2v) is 9.65. The summed E-state index contributed by atoms with van der Waals surface area (Å²) >= 11 is 5.67. The number of ether oxygens (including phenoxy) is 2. The molecule has 0 saturated carbocycles. The Kier molecular flexibility index (Phi) is 6.61. The third-order valence-corrected chi connectivity index (χ3v) is 6.61. The lowest BCUT2D eigenvalue weighted by Crippen LogP contribution is -2.20. The van der Waals surface area contributed by atoms with Gasteiger partial charge in [0.05, 0.1) is 34.4 Å². The molecule has 0 fully saturated rings. The maximum Gasteiger partial charge on any atom is 0.282 e. The van der Waals surface area contributed by atoms with E-state index in [4.69, 9.17) is 18.9 Å². The van der Waals surface area contributed by atoms with Crippen LogP contribution in [0.25, 0.3) is 33.5 Å². The molecule has 176 valence electrons. The van der Waals surface area contributed by atoms with Gasteiger partial charge in [-0.1, -0.05) is 28.1 Å². The Morgan fingerprint density at radius 2 is 2.00 bits per heavy atom. The summed E-state index contributed by atoms with van der Waals surface area (Å²) in [5.74, 6) is 2.01. The number of benzene rings is 3. The van der Waals surface area contributed by atoms with Gasteiger partial charge >= 0.3 is 0 Å². The first-order valence-electron chi connectivity index (χ1n) is 10.7. The summed E-state index contributed by atoms with van der Waals surface area (Å²) in [7, 11) is 1.59. The van der Waals surface area contributed by atoms with Gasteiger partial charge in [0.15, 0.2) is 17.3 Å². The third kappa shape index (κ3) is 4.57. The molecule has 5 aromatic rings. The standard InChI is InChI=1S/C26H19BrIN3O4/c1-3-34-24-19(28)10-15(11-22(24)33-2)14-29-31-25(30-20-7-5-4-6-18(20)26(31)32)23-13-16-12-17(27)8-9-21(16)35-23/h4-14H,3H2,1-2H3. The molecular weight excluding hydrogens is 625 g/mol. The number of para-hydroxylation sites is 1. The van der Waals surface area contributed by atoms with Gasteiger partial charge in [-0.05, 0) is 83.6 Å². The number of furan rings is 1. The topological polar surface area (TPSA) is 78.9 Å². The number of rotatable bonds is 6. The summed E-state index contributed by atoms with van der Waals surface area (Å²) in [6.07, 6.45) is 1.60. The molecule has 5 rings (SSSR count).